The fourth-order valence-corrected chi connectivity index (χ4v) is 4.66. The first-order valence-corrected chi connectivity index (χ1v) is 11.1. The van der Waals surface area contributed by atoms with Gasteiger partial charge in [-0.1, -0.05) is 10.3 Å². The van der Waals surface area contributed by atoms with Crippen molar-refractivity contribution in [3.63, 3.8) is 0 Å². The van der Waals surface area contributed by atoms with E-state index in [0.29, 0.717) is 35.5 Å². The molecule has 0 aliphatic carbocycles. The molecular formula is C22H26N8O2. The summed E-state index contributed by atoms with van der Waals surface area (Å²) in [5.74, 6) is 4.58. The van der Waals surface area contributed by atoms with Crippen molar-refractivity contribution in [2.75, 3.05) is 36.0 Å². The number of aryl methyl sites for hydroxylation is 2. The number of hydrogen-bond acceptors (Lipinski definition) is 10. The fourth-order valence-electron chi connectivity index (χ4n) is 4.66. The van der Waals surface area contributed by atoms with Crippen LogP contribution in [-0.2, 0) is 0 Å². The molecule has 5 rings (SSSR count). The number of hydrogen-bond donors (Lipinski definition) is 0. The second-order valence-corrected chi connectivity index (χ2v) is 8.58. The first-order chi connectivity index (χ1) is 15.6. The summed E-state index contributed by atoms with van der Waals surface area (Å²) in [6.45, 7) is 6.89. The molecule has 10 nitrogen and oxygen atoms in total. The van der Waals surface area contributed by atoms with Crippen LogP contribution in [0.4, 0.5) is 11.6 Å². The first-order valence-electron chi connectivity index (χ1n) is 11.1. The molecule has 3 aromatic rings. The lowest BCUT2D eigenvalue weighted by Gasteiger charge is -2.35. The Morgan fingerprint density at radius 3 is 2.03 bits per heavy atom. The zero-order chi connectivity index (χ0) is 22.1. The van der Waals surface area contributed by atoms with Crippen LogP contribution >= 0.6 is 0 Å². The molecule has 2 saturated heterocycles. The van der Waals surface area contributed by atoms with Gasteiger partial charge in [0, 0.05) is 26.2 Å². The summed E-state index contributed by atoms with van der Waals surface area (Å²) in [5, 5.41) is 17.6. The van der Waals surface area contributed by atoms with Gasteiger partial charge in [0.25, 0.3) is 0 Å². The van der Waals surface area contributed by atoms with Gasteiger partial charge in [-0.05, 0) is 51.7 Å². The van der Waals surface area contributed by atoms with E-state index >= 15 is 0 Å². The van der Waals surface area contributed by atoms with Crippen LogP contribution < -0.4 is 9.80 Å². The molecule has 2 fully saturated rings. The van der Waals surface area contributed by atoms with Crippen LogP contribution in [0.5, 0.6) is 0 Å². The van der Waals surface area contributed by atoms with Crippen LogP contribution in [0.2, 0.25) is 0 Å². The Morgan fingerprint density at radius 2 is 1.47 bits per heavy atom. The molecule has 3 aromatic heterocycles. The lowest BCUT2D eigenvalue weighted by Crippen LogP contribution is -2.37. The van der Waals surface area contributed by atoms with Crippen LogP contribution in [0.3, 0.4) is 0 Å². The number of nitriles is 1. The van der Waals surface area contributed by atoms with E-state index in [1.165, 1.54) is 0 Å². The highest BCUT2D eigenvalue weighted by atomic mass is 16.5. The molecule has 0 amide bonds. The number of pyridine rings is 1. The molecule has 2 unspecified atom stereocenters. The molecule has 0 N–H and O–H groups in total. The standard InChI is InChI=1S/C22H26N8O2/c1-14-24-21(31-27-14)17-5-3-9-29(12-17)19-8-7-16(11-23)20(26-19)30-10-4-6-18(13-30)22-25-15(2)28-32-22/h7-8,17-18H,3-6,9-10,12-13H2,1-2H3. The van der Waals surface area contributed by atoms with Crippen LogP contribution in [0.15, 0.2) is 21.2 Å². The van der Waals surface area contributed by atoms with Crippen molar-refractivity contribution < 1.29 is 9.05 Å². The largest absolute Gasteiger partial charge is 0.356 e. The molecule has 0 radical (unpaired) electrons. The predicted molar refractivity (Wildman–Crippen MR) is 115 cm³/mol. The van der Waals surface area contributed by atoms with E-state index in [0.717, 1.165) is 57.0 Å². The molecule has 0 spiro atoms. The molecular weight excluding hydrogens is 408 g/mol. The summed E-state index contributed by atoms with van der Waals surface area (Å²) in [6, 6.07) is 6.12. The SMILES string of the molecule is Cc1noc(C2CCCN(c3ccc(C#N)c(N4CCCC(c5nc(C)no5)C4)n3)C2)n1. The highest BCUT2D eigenvalue weighted by molar-refractivity contribution is 5.59. The number of piperidine rings is 2. The Labute approximate surface area is 186 Å². The predicted octanol–water partition coefficient (Wildman–Crippen LogP) is 3.10. The van der Waals surface area contributed by atoms with E-state index in [1.807, 2.05) is 26.0 Å². The molecule has 0 aromatic carbocycles. The van der Waals surface area contributed by atoms with Gasteiger partial charge in [0.2, 0.25) is 11.8 Å². The Bertz CT molecular complexity index is 1130. The van der Waals surface area contributed by atoms with E-state index < -0.39 is 0 Å². The van der Waals surface area contributed by atoms with Crippen molar-refractivity contribution in [1.29, 1.82) is 5.26 Å². The minimum atomic E-state index is 0.141. The maximum absolute atomic E-state index is 9.73. The highest BCUT2D eigenvalue weighted by Crippen LogP contribution is 2.33. The van der Waals surface area contributed by atoms with Crippen molar-refractivity contribution in [3.05, 3.63) is 41.1 Å². The van der Waals surface area contributed by atoms with Crippen LogP contribution in [0.1, 0.15) is 66.5 Å². The smallest absolute Gasteiger partial charge is 0.231 e. The maximum Gasteiger partial charge on any atom is 0.231 e. The van der Waals surface area contributed by atoms with Gasteiger partial charge >= 0.3 is 0 Å². The van der Waals surface area contributed by atoms with Crippen LogP contribution in [-0.4, -0.2) is 51.4 Å². The number of aromatic nitrogens is 5. The average molecular weight is 435 g/mol. The van der Waals surface area contributed by atoms with Gasteiger partial charge in [-0.2, -0.15) is 15.2 Å². The van der Waals surface area contributed by atoms with Gasteiger partial charge in [0.1, 0.15) is 17.7 Å². The van der Waals surface area contributed by atoms with Gasteiger partial charge in [0.15, 0.2) is 11.6 Å². The summed E-state index contributed by atoms with van der Waals surface area (Å²) in [5.41, 5.74) is 0.581. The number of anilines is 2. The zero-order valence-corrected chi connectivity index (χ0v) is 18.4. The van der Waals surface area contributed by atoms with Gasteiger partial charge in [0.05, 0.1) is 17.4 Å². The van der Waals surface area contributed by atoms with Crippen LogP contribution in [0, 0.1) is 25.2 Å². The van der Waals surface area contributed by atoms with E-state index in [-0.39, 0.29) is 11.8 Å². The second kappa shape index (κ2) is 8.57. The minimum absolute atomic E-state index is 0.141. The maximum atomic E-state index is 9.73. The topological polar surface area (TPSA) is 121 Å². The van der Waals surface area contributed by atoms with Crippen molar-refractivity contribution in [3.8, 4) is 6.07 Å². The molecule has 2 aliphatic heterocycles. The Balaban J connectivity index is 1.38. The fraction of sp³-hybridized carbons (Fsp3) is 0.545. The van der Waals surface area contributed by atoms with E-state index in [2.05, 4.69) is 36.2 Å². The molecule has 2 aliphatic rings. The Kier molecular flexibility index (Phi) is 5.47. The summed E-state index contributed by atoms with van der Waals surface area (Å²) in [7, 11) is 0. The third-order valence-electron chi connectivity index (χ3n) is 6.23. The van der Waals surface area contributed by atoms with Crippen molar-refractivity contribution in [2.24, 2.45) is 0 Å². The Morgan fingerprint density at radius 1 is 0.875 bits per heavy atom. The monoisotopic (exact) mass is 434 g/mol. The van der Waals surface area contributed by atoms with Crippen LogP contribution in [0.25, 0.3) is 0 Å². The quantitative estimate of drug-likeness (QED) is 0.605. The summed E-state index contributed by atoms with van der Waals surface area (Å²) in [6.07, 6.45) is 3.99. The molecule has 0 bridgehead atoms. The molecule has 10 heteroatoms. The average Bonchev–Trinajstić information content (AvgIpc) is 3.47. The van der Waals surface area contributed by atoms with Gasteiger partial charge in [-0.15, -0.1) is 0 Å². The third kappa shape index (κ3) is 4.02. The molecule has 32 heavy (non-hydrogen) atoms. The lowest BCUT2D eigenvalue weighted by molar-refractivity contribution is 0.330. The van der Waals surface area contributed by atoms with Gasteiger partial charge < -0.3 is 18.8 Å². The van der Waals surface area contributed by atoms with Gasteiger partial charge in [-0.25, -0.2) is 4.98 Å². The third-order valence-corrected chi connectivity index (χ3v) is 6.23. The van der Waals surface area contributed by atoms with Crippen molar-refractivity contribution in [1.82, 2.24) is 25.3 Å². The molecule has 166 valence electrons. The Hall–Kier alpha value is -3.48. The summed E-state index contributed by atoms with van der Waals surface area (Å²) >= 11 is 0. The molecule has 0 saturated carbocycles. The lowest BCUT2D eigenvalue weighted by atomic mass is 9.97. The van der Waals surface area contributed by atoms with E-state index in [4.69, 9.17) is 14.0 Å². The second-order valence-electron chi connectivity index (χ2n) is 8.58. The summed E-state index contributed by atoms with van der Waals surface area (Å²) < 4.78 is 10.8. The summed E-state index contributed by atoms with van der Waals surface area (Å²) in [4.78, 5) is 18.2. The molecule has 2 atom stereocenters. The van der Waals surface area contributed by atoms with Crippen molar-refractivity contribution >= 4 is 11.6 Å². The minimum Gasteiger partial charge on any atom is -0.356 e. The van der Waals surface area contributed by atoms with E-state index in [9.17, 15) is 5.26 Å². The number of nitrogens with zero attached hydrogens (tertiary/aromatic N) is 8. The normalized spacial score (nSPS) is 21.5. The zero-order valence-electron chi connectivity index (χ0n) is 18.4. The molecule has 5 heterocycles. The van der Waals surface area contributed by atoms with Gasteiger partial charge in [-0.3, -0.25) is 0 Å². The van der Waals surface area contributed by atoms with E-state index in [1.54, 1.807) is 0 Å². The number of rotatable bonds is 4. The highest BCUT2D eigenvalue weighted by Gasteiger charge is 2.30. The van der Waals surface area contributed by atoms with Crippen molar-refractivity contribution in [2.45, 2.75) is 51.4 Å². The first kappa shape index (κ1) is 20.4.